The highest BCUT2D eigenvalue weighted by Crippen LogP contribution is 2.40. The van der Waals surface area contributed by atoms with E-state index < -0.39 is 0 Å². The fourth-order valence-electron chi connectivity index (χ4n) is 3.09. The molecule has 29 heavy (non-hydrogen) atoms. The number of morpholine rings is 1. The molecule has 1 fully saturated rings. The summed E-state index contributed by atoms with van der Waals surface area (Å²) in [5.74, 6) is 2.99. The number of anilines is 4. The van der Waals surface area contributed by atoms with E-state index in [1.54, 1.807) is 39.5 Å². The number of nitrogen functional groups attached to an aromatic ring is 1. The highest BCUT2D eigenvalue weighted by molar-refractivity contribution is 5.68. The predicted molar refractivity (Wildman–Crippen MR) is 112 cm³/mol. The van der Waals surface area contributed by atoms with E-state index in [2.05, 4.69) is 25.5 Å². The van der Waals surface area contributed by atoms with Crippen molar-refractivity contribution in [1.82, 2.24) is 14.9 Å². The first-order chi connectivity index (χ1) is 14.1. The number of nitrogens with two attached hydrogens (primary N) is 1. The number of benzene rings is 1. The smallest absolute Gasteiger partial charge is 0.223 e. The Balaban J connectivity index is 1.69. The van der Waals surface area contributed by atoms with Crippen molar-refractivity contribution in [3.05, 3.63) is 18.2 Å². The SMILES string of the molecule is COc1cc(Nc2cc(NCCN3CCOCC3)nc(N)n2)cc(OC)c1OC. The first kappa shape index (κ1) is 20.7. The molecule has 0 atom stereocenters. The first-order valence-corrected chi connectivity index (χ1v) is 9.38. The highest BCUT2D eigenvalue weighted by Gasteiger charge is 2.14. The van der Waals surface area contributed by atoms with Crippen molar-refractivity contribution < 1.29 is 18.9 Å². The Kier molecular flexibility index (Phi) is 7.14. The van der Waals surface area contributed by atoms with Crippen LogP contribution in [-0.4, -0.2) is 75.6 Å². The lowest BCUT2D eigenvalue weighted by Gasteiger charge is -2.26. The Morgan fingerprint density at radius 3 is 2.28 bits per heavy atom. The normalized spacial score (nSPS) is 14.3. The van der Waals surface area contributed by atoms with Crippen molar-refractivity contribution in [3.63, 3.8) is 0 Å². The number of ether oxygens (including phenoxy) is 4. The van der Waals surface area contributed by atoms with Crippen LogP contribution in [-0.2, 0) is 4.74 Å². The summed E-state index contributed by atoms with van der Waals surface area (Å²) in [7, 11) is 4.70. The van der Waals surface area contributed by atoms with Gasteiger partial charge in [0.1, 0.15) is 11.6 Å². The van der Waals surface area contributed by atoms with Gasteiger partial charge in [-0.1, -0.05) is 0 Å². The van der Waals surface area contributed by atoms with Crippen LogP contribution in [0.5, 0.6) is 17.2 Å². The van der Waals surface area contributed by atoms with Crippen molar-refractivity contribution in [2.24, 2.45) is 0 Å². The Bertz CT molecular complexity index is 788. The highest BCUT2D eigenvalue weighted by atomic mass is 16.5. The summed E-state index contributed by atoms with van der Waals surface area (Å²) in [4.78, 5) is 10.9. The minimum absolute atomic E-state index is 0.177. The van der Waals surface area contributed by atoms with Crippen molar-refractivity contribution >= 4 is 23.3 Å². The lowest BCUT2D eigenvalue weighted by atomic mass is 10.2. The van der Waals surface area contributed by atoms with Gasteiger partial charge in [-0.15, -0.1) is 0 Å². The summed E-state index contributed by atoms with van der Waals surface area (Å²) in [5, 5.41) is 6.51. The summed E-state index contributed by atoms with van der Waals surface area (Å²) in [6, 6.07) is 5.40. The maximum Gasteiger partial charge on any atom is 0.223 e. The molecule has 4 N–H and O–H groups in total. The maximum atomic E-state index is 5.89. The van der Waals surface area contributed by atoms with Crippen molar-refractivity contribution in [3.8, 4) is 17.2 Å². The van der Waals surface area contributed by atoms with Crippen LogP contribution in [0.25, 0.3) is 0 Å². The number of rotatable bonds is 9. The zero-order valence-electron chi connectivity index (χ0n) is 17.0. The van der Waals surface area contributed by atoms with Crippen molar-refractivity contribution in [1.29, 1.82) is 0 Å². The van der Waals surface area contributed by atoms with E-state index in [0.29, 0.717) is 28.9 Å². The average Bonchev–Trinajstić information content (AvgIpc) is 2.73. The molecule has 3 rings (SSSR count). The molecule has 0 spiro atoms. The molecule has 1 aromatic heterocycles. The average molecular weight is 404 g/mol. The Labute approximate surface area is 170 Å². The van der Waals surface area contributed by atoms with Crippen molar-refractivity contribution in [2.75, 3.05) is 77.1 Å². The topological polar surface area (TPSA) is 116 Å². The third-order valence-electron chi connectivity index (χ3n) is 4.52. The third-order valence-corrected chi connectivity index (χ3v) is 4.52. The van der Waals surface area contributed by atoms with Crippen LogP contribution in [0.1, 0.15) is 0 Å². The molecule has 0 saturated carbocycles. The van der Waals surface area contributed by atoms with Crippen LogP contribution < -0.4 is 30.6 Å². The Morgan fingerprint density at radius 2 is 1.66 bits per heavy atom. The molecular formula is C19H28N6O4. The number of aromatic nitrogens is 2. The van der Waals surface area contributed by atoms with Gasteiger partial charge in [0, 0.05) is 50.1 Å². The second-order valence-corrected chi connectivity index (χ2v) is 6.42. The van der Waals surface area contributed by atoms with E-state index in [9.17, 15) is 0 Å². The zero-order valence-corrected chi connectivity index (χ0v) is 17.0. The van der Waals surface area contributed by atoms with Gasteiger partial charge in [0.15, 0.2) is 11.5 Å². The minimum Gasteiger partial charge on any atom is -0.493 e. The quantitative estimate of drug-likeness (QED) is 0.569. The van der Waals surface area contributed by atoms with Gasteiger partial charge >= 0.3 is 0 Å². The van der Waals surface area contributed by atoms with Crippen LogP contribution >= 0.6 is 0 Å². The molecule has 0 unspecified atom stereocenters. The van der Waals surface area contributed by atoms with E-state index in [1.807, 2.05) is 0 Å². The summed E-state index contributed by atoms with van der Waals surface area (Å²) in [6.07, 6.45) is 0. The molecule has 1 saturated heterocycles. The fourth-order valence-corrected chi connectivity index (χ4v) is 3.09. The third kappa shape index (κ3) is 5.52. The molecule has 1 aliphatic rings. The molecule has 2 heterocycles. The number of nitrogens with one attached hydrogen (secondary N) is 2. The Hall–Kier alpha value is -2.98. The lowest BCUT2D eigenvalue weighted by molar-refractivity contribution is 0.0398. The number of methoxy groups -OCH3 is 3. The summed E-state index contributed by atoms with van der Waals surface area (Å²) < 4.78 is 21.5. The summed E-state index contributed by atoms with van der Waals surface area (Å²) in [5.41, 5.74) is 6.61. The first-order valence-electron chi connectivity index (χ1n) is 9.38. The van der Waals surface area contributed by atoms with E-state index in [4.69, 9.17) is 24.7 Å². The molecular weight excluding hydrogens is 376 g/mol. The standard InChI is InChI=1S/C19H28N6O4/c1-26-14-10-13(11-15(27-2)18(14)28-3)22-17-12-16(23-19(20)24-17)21-4-5-25-6-8-29-9-7-25/h10-12H,4-9H2,1-3H3,(H4,20,21,22,23,24). The van der Waals surface area contributed by atoms with Crippen LogP contribution in [0.2, 0.25) is 0 Å². The number of hydrogen-bond acceptors (Lipinski definition) is 10. The maximum absolute atomic E-state index is 5.89. The van der Waals surface area contributed by atoms with E-state index >= 15 is 0 Å². The van der Waals surface area contributed by atoms with Gasteiger partial charge in [-0.25, -0.2) is 0 Å². The van der Waals surface area contributed by atoms with Crippen LogP contribution in [0.4, 0.5) is 23.3 Å². The van der Waals surface area contributed by atoms with Crippen molar-refractivity contribution in [2.45, 2.75) is 0 Å². The zero-order chi connectivity index (χ0) is 20.6. The van der Waals surface area contributed by atoms with Crippen LogP contribution in [0.15, 0.2) is 18.2 Å². The van der Waals surface area contributed by atoms with Gasteiger partial charge in [0.05, 0.1) is 34.5 Å². The van der Waals surface area contributed by atoms with Gasteiger partial charge < -0.3 is 35.3 Å². The molecule has 10 heteroatoms. The second-order valence-electron chi connectivity index (χ2n) is 6.42. The molecule has 158 valence electrons. The van der Waals surface area contributed by atoms with E-state index in [0.717, 1.165) is 45.1 Å². The van der Waals surface area contributed by atoms with E-state index in [1.165, 1.54) is 0 Å². The molecule has 10 nitrogen and oxygen atoms in total. The molecule has 1 aromatic carbocycles. The summed E-state index contributed by atoms with van der Waals surface area (Å²) in [6.45, 7) is 5.11. The molecule has 0 bridgehead atoms. The molecule has 1 aliphatic heterocycles. The molecule has 2 aromatic rings. The summed E-state index contributed by atoms with van der Waals surface area (Å²) >= 11 is 0. The predicted octanol–water partition coefficient (Wildman–Crippen LogP) is 1.57. The van der Waals surface area contributed by atoms with E-state index in [-0.39, 0.29) is 5.95 Å². The largest absolute Gasteiger partial charge is 0.493 e. The van der Waals surface area contributed by atoms with Gasteiger partial charge in [-0.05, 0) is 0 Å². The van der Waals surface area contributed by atoms with Gasteiger partial charge in [-0.3, -0.25) is 4.90 Å². The number of nitrogens with zero attached hydrogens (tertiary/aromatic N) is 3. The second kappa shape index (κ2) is 9.99. The fraction of sp³-hybridized carbons (Fsp3) is 0.474. The van der Waals surface area contributed by atoms with Crippen LogP contribution in [0.3, 0.4) is 0 Å². The monoisotopic (exact) mass is 404 g/mol. The van der Waals surface area contributed by atoms with Gasteiger partial charge in [-0.2, -0.15) is 9.97 Å². The Morgan fingerprint density at radius 1 is 1.00 bits per heavy atom. The molecule has 0 aliphatic carbocycles. The minimum atomic E-state index is 0.177. The molecule has 0 radical (unpaired) electrons. The van der Waals surface area contributed by atoms with Gasteiger partial charge in [0.25, 0.3) is 0 Å². The van der Waals surface area contributed by atoms with Crippen LogP contribution in [0, 0.1) is 0 Å². The molecule has 0 amide bonds. The number of hydrogen-bond donors (Lipinski definition) is 3. The van der Waals surface area contributed by atoms with Gasteiger partial charge in [0.2, 0.25) is 11.7 Å². The lowest BCUT2D eigenvalue weighted by Crippen LogP contribution is -2.39.